The smallest absolute Gasteiger partial charge is 0.332 e. The zero-order valence-electron chi connectivity index (χ0n) is 17.7. The summed E-state index contributed by atoms with van der Waals surface area (Å²) in [5.74, 6) is 0.351. The third-order valence-corrected chi connectivity index (χ3v) is 5.09. The van der Waals surface area contributed by atoms with E-state index in [-0.39, 0.29) is 28.7 Å². The van der Waals surface area contributed by atoms with E-state index in [4.69, 9.17) is 4.74 Å². The number of likely N-dealkylation sites (N-methyl/N-ethyl adjacent to an activating group) is 1. The van der Waals surface area contributed by atoms with Gasteiger partial charge in [0.1, 0.15) is 17.1 Å². The van der Waals surface area contributed by atoms with E-state index in [0.29, 0.717) is 6.54 Å². The van der Waals surface area contributed by atoms with Crippen molar-refractivity contribution >= 4 is 16.9 Å². The molecule has 0 unspecified atom stereocenters. The van der Waals surface area contributed by atoms with Gasteiger partial charge >= 0.3 is 5.69 Å². The maximum Gasteiger partial charge on any atom is 0.332 e. The van der Waals surface area contributed by atoms with Crippen LogP contribution in [0.2, 0.25) is 0 Å². The van der Waals surface area contributed by atoms with Crippen LogP contribution in [0.15, 0.2) is 46.0 Å². The fraction of sp³-hybridized carbons (Fsp3) is 0.333. The zero-order valence-corrected chi connectivity index (χ0v) is 17.7. The van der Waals surface area contributed by atoms with Crippen molar-refractivity contribution in [1.82, 2.24) is 24.3 Å². The van der Waals surface area contributed by atoms with Gasteiger partial charge in [0, 0.05) is 20.6 Å². The first-order valence-corrected chi connectivity index (χ1v) is 9.40. The Kier molecular flexibility index (Phi) is 6.02. The minimum Gasteiger partial charge on any atom is -0.497 e. The molecular weight excluding hydrogens is 386 g/mol. The van der Waals surface area contributed by atoms with Crippen LogP contribution in [0.25, 0.3) is 11.0 Å². The summed E-state index contributed by atoms with van der Waals surface area (Å²) >= 11 is 0. The van der Waals surface area contributed by atoms with E-state index >= 15 is 0 Å². The van der Waals surface area contributed by atoms with Crippen molar-refractivity contribution in [3.05, 3.63) is 68.5 Å². The van der Waals surface area contributed by atoms with E-state index in [9.17, 15) is 14.4 Å². The standard InChI is InChI=1S/C21H25N5O4/c1-24(2)17(13-7-6-8-14(11-13)30-5)12-22-19(27)16-10-9-15-18(23-16)25(3)21(29)26(4)20(15)28/h6-11,17H,12H2,1-5H3,(H,22,27)/t17-/m0/s1. The van der Waals surface area contributed by atoms with Gasteiger partial charge in [-0.2, -0.15) is 0 Å². The van der Waals surface area contributed by atoms with Gasteiger partial charge in [-0.25, -0.2) is 9.78 Å². The summed E-state index contributed by atoms with van der Waals surface area (Å²) in [5, 5.41) is 3.16. The highest BCUT2D eigenvalue weighted by Crippen LogP contribution is 2.22. The lowest BCUT2D eigenvalue weighted by Crippen LogP contribution is -2.38. The monoisotopic (exact) mass is 411 g/mol. The Morgan fingerprint density at radius 1 is 1.17 bits per heavy atom. The summed E-state index contributed by atoms with van der Waals surface area (Å²) in [6.45, 7) is 0.341. The van der Waals surface area contributed by atoms with Crippen LogP contribution in [0.5, 0.6) is 5.75 Å². The minimum absolute atomic E-state index is 0.0823. The van der Waals surface area contributed by atoms with Gasteiger partial charge in [0.25, 0.3) is 11.5 Å². The van der Waals surface area contributed by atoms with Crippen molar-refractivity contribution in [1.29, 1.82) is 0 Å². The molecule has 0 aliphatic heterocycles. The van der Waals surface area contributed by atoms with Gasteiger partial charge in [0.05, 0.1) is 18.5 Å². The molecule has 9 heteroatoms. The first kappa shape index (κ1) is 21.3. The second-order valence-corrected chi connectivity index (χ2v) is 7.24. The predicted octanol–water partition coefficient (Wildman–Crippen LogP) is 0.674. The second-order valence-electron chi connectivity index (χ2n) is 7.24. The molecule has 0 aliphatic rings. The Balaban J connectivity index is 1.87. The molecule has 1 atom stereocenters. The summed E-state index contributed by atoms with van der Waals surface area (Å²) in [7, 11) is 8.39. The van der Waals surface area contributed by atoms with Crippen LogP contribution >= 0.6 is 0 Å². The number of carbonyl (C=O) groups excluding carboxylic acids is 1. The molecule has 0 fully saturated rings. The van der Waals surface area contributed by atoms with Crippen molar-refractivity contribution in [3.8, 4) is 5.75 Å². The van der Waals surface area contributed by atoms with Crippen LogP contribution in [-0.4, -0.2) is 52.7 Å². The summed E-state index contributed by atoms with van der Waals surface area (Å²) < 4.78 is 7.56. The normalized spacial score (nSPS) is 12.2. The minimum atomic E-state index is -0.497. The number of nitrogens with zero attached hydrogens (tertiary/aromatic N) is 4. The number of nitrogens with one attached hydrogen (secondary N) is 1. The predicted molar refractivity (Wildman–Crippen MR) is 114 cm³/mol. The largest absolute Gasteiger partial charge is 0.497 e. The molecule has 1 amide bonds. The highest BCUT2D eigenvalue weighted by atomic mass is 16.5. The highest BCUT2D eigenvalue weighted by molar-refractivity contribution is 5.94. The molecule has 1 N–H and O–H groups in total. The first-order valence-electron chi connectivity index (χ1n) is 9.40. The molecule has 2 heterocycles. The molecule has 0 bridgehead atoms. The summed E-state index contributed by atoms with van der Waals surface area (Å²) in [6, 6.07) is 10.6. The van der Waals surface area contributed by atoms with E-state index in [2.05, 4.69) is 10.3 Å². The highest BCUT2D eigenvalue weighted by Gasteiger charge is 2.18. The van der Waals surface area contributed by atoms with Gasteiger partial charge in [-0.3, -0.25) is 18.7 Å². The molecule has 0 aliphatic carbocycles. The van der Waals surface area contributed by atoms with Gasteiger partial charge in [0.2, 0.25) is 0 Å². The summed E-state index contributed by atoms with van der Waals surface area (Å²) in [4.78, 5) is 43.4. The lowest BCUT2D eigenvalue weighted by Gasteiger charge is -2.25. The topological polar surface area (TPSA) is 98.5 Å². The average Bonchev–Trinajstić information content (AvgIpc) is 2.75. The Hall–Kier alpha value is -3.46. The number of rotatable bonds is 6. The average molecular weight is 411 g/mol. The third kappa shape index (κ3) is 3.97. The van der Waals surface area contributed by atoms with Gasteiger partial charge < -0.3 is 15.0 Å². The number of hydrogen-bond acceptors (Lipinski definition) is 6. The number of aryl methyl sites for hydroxylation is 1. The summed E-state index contributed by atoms with van der Waals surface area (Å²) in [5.41, 5.74) is 0.361. The van der Waals surface area contributed by atoms with Crippen LogP contribution in [-0.2, 0) is 14.1 Å². The van der Waals surface area contributed by atoms with E-state index in [1.54, 1.807) is 7.11 Å². The number of benzene rings is 1. The number of methoxy groups -OCH3 is 1. The van der Waals surface area contributed by atoms with E-state index in [0.717, 1.165) is 15.9 Å². The van der Waals surface area contributed by atoms with Crippen molar-refractivity contribution in [2.75, 3.05) is 27.7 Å². The van der Waals surface area contributed by atoms with Crippen molar-refractivity contribution < 1.29 is 9.53 Å². The van der Waals surface area contributed by atoms with E-state index in [1.165, 1.54) is 30.8 Å². The van der Waals surface area contributed by atoms with E-state index in [1.807, 2.05) is 43.3 Å². The number of pyridine rings is 1. The molecule has 3 rings (SSSR count). The molecule has 0 spiro atoms. The molecule has 1 aromatic carbocycles. The molecule has 0 saturated heterocycles. The Morgan fingerprint density at radius 2 is 1.90 bits per heavy atom. The lowest BCUT2D eigenvalue weighted by molar-refractivity contribution is 0.0937. The van der Waals surface area contributed by atoms with Crippen LogP contribution in [0.4, 0.5) is 0 Å². The molecule has 30 heavy (non-hydrogen) atoms. The molecule has 2 aromatic heterocycles. The summed E-state index contributed by atoms with van der Waals surface area (Å²) in [6.07, 6.45) is 0. The first-order chi connectivity index (χ1) is 14.2. The van der Waals surface area contributed by atoms with Crippen molar-refractivity contribution in [2.24, 2.45) is 14.1 Å². The van der Waals surface area contributed by atoms with E-state index < -0.39 is 11.2 Å². The number of hydrogen-bond donors (Lipinski definition) is 1. The van der Waals surface area contributed by atoms with Gasteiger partial charge in [0.15, 0.2) is 0 Å². The van der Waals surface area contributed by atoms with Crippen molar-refractivity contribution in [3.63, 3.8) is 0 Å². The fourth-order valence-corrected chi connectivity index (χ4v) is 3.31. The van der Waals surface area contributed by atoms with Crippen LogP contribution in [0.3, 0.4) is 0 Å². The molecule has 0 saturated carbocycles. The van der Waals surface area contributed by atoms with Gasteiger partial charge in [-0.15, -0.1) is 0 Å². The van der Waals surface area contributed by atoms with Crippen molar-refractivity contribution in [2.45, 2.75) is 6.04 Å². The maximum absolute atomic E-state index is 12.7. The molecular formula is C21H25N5O4. The zero-order chi connectivity index (χ0) is 22.0. The number of amides is 1. The quantitative estimate of drug-likeness (QED) is 0.640. The Labute approximate surface area is 173 Å². The third-order valence-electron chi connectivity index (χ3n) is 5.09. The van der Waals surface area contributed by atoms with Crippen LogP contribution < -0.4 is 21.3 Å². The Bertz CT molecular complexity index is 1210. The number of aromatic nitrogens is 3. The number of carbonyl (C=O) groups is 1. The SMILES string of the molecule is COc1cccc([C@H](CNC(=O)c2ccc3c(=O)n(C)c(=O)n(C)c3n2)N(C)C)c1. The maximum atomic E-state index is 12.7. The Morgan fingerprint density at radius 3 is 2.57 bits per heavy atom. The number of ether oxygens (including phenoxy) is 1. The molecule has 9 nitrogen and oxygen atoms in total. The fourth-order valence-electron chi connectivity index (χ4n) is 3.31. The number of fused-ring (bicyclic) bond motifs is 1. The molecule has 158 valence electrons. The lowest BCUT2D eigenvalue weighted by atomic mass is 10.1. The van der Waals surface area contributed by atoms with Gasteiger partial charge in [-0.05, 0) is 43.9 Å². The second kappa shape index (κ2) is 8.50. The van der Waals surface area contributed by atoms with Crippen LogP contribution in [0.1, 0.15) is 22.1 Å². The molecule has 0 radical (unpaired) electrons. The van der Waals surface area contributed by atoms with Gasteiger partial charge in [-0.1, -0.05) is 12.1 Å². The molecule has 3 aromatic rings. The van der Waals surface area contributed by atoms with Crippen LogP contribution in [0, 0.1) is 0 Å².